The number of ether oxygens (including phenoxy) is 1. The lowest BCUT2D eigenvalue weighted by molar-refractivity contribution is -0.109. The molecule has 9 heteroatoms. The highest BCUT2D eigenvalue weighted by Crippen LogP contribution is 2.31. The van der Waals surface area contributed by atoms with Gasteiger partial charge in [-0.05, 0) is 37.1 Å². The highest BCUT2D eigenvalue weighted by Gasteiger charge is 2.28. The molecule has 1 N–H and O–H groups in total. The Hall–Kier alpha value is -3.30. The fraction of sp³-hybridized carbons (Fsp3) is 0.391. The Bertz CT molecular complexity index is 1060. The first-order valence-corrected chi connectivity index (χ1v) is 10.9. The highest BCUT2D eigenvalue weighted by atomic mass is 16.5. The molecule has 166 valence electrons. The highest BCUT2D eigenvalue weighted by molar-refractivity contribution is 5.64. The molecule has 2 aliphatic heterocycles. The van der Waals surface area contributed by atoms with Crippen molar-refractivity contribution in [2.75, 3.05) is 37.0 Å². The summed E-state index contributed by atoms with van der Waals surface area (Å²) in [6, 6.07) is 7.88. The van der Waals surface area contributed by atoms with E-state index in [1.165, 1.54) is 6.39 Å². The summed E-state index contributed by atoms with van der Waals surface area (Å²) in [4.78, 5) is 28.9. The Labute approximate surface area is 186 Å². The van der Waals surface area contributed by atoms with E-state index in [1.54, 1.807) is 6.20 Å². The number of rotatable bonds is 7. The topological polar surface area (TPSA) is 96.6 Å². The Morgan fingerprint density at radius 3 is 2.88 bits per heavy atom. The van der Waals surface area contributed by atoms with E-state index in [2.05, 4.69) is 20.1 Å². The number of hydrogen-bond donors (Lipinski definition) is 1. The lowest BCUT2D eigenvalue weighted by Crippen LogP contribution is -2.37. The molecule has 9 nitrogen and oxygen atoms in total. The minimum absolute atomic E-state index is 0.00415. The molecule has 0 amide bonds. The third kappa shape index (κ3) is 4.21. The second kappa shape index (κ2) is 9.05. The maximum Gasteiger partial charge on any atom is 0.229 e. The van der Waals surface area contributed by atoms with Gasteiger partial charge in [0.15, 0.2) is 12.2 Å². The van der Waals surface area contributed by atoms with Crippen molar-refractivity contribution in [2.24, 2.45) is 0 Å². The number of nitrogens with one attached hydrogen (secondary N) is 1. The van der Waals surface area contributed by atoms with Crippen LogP contribution in [0, 0.1) is 0 Å². The van der Waals surface area contributed by atoms with Crippen molar-refractivity contribution < 1.29 is 13.9 Å². The predicted octanol–water partition coefficient (Wildman–Crippen LogP) is 3.00. The summed E-state index contributed by atoms with van der Waals surface area (Å²) in [5.41, 5.74) is 3.93. The van der Waals surface area contributed by atoms with Gasteiger partial charge in [-0.3, -0.25) is 4.90 Å². The van der Waals surface area contributed by atoms with Gasteiger partial charge in [0, 0.05) is 50.0 Å². The molecule has 0 saturated carbocycles. The average Bonchev–Trinajstić information content (AvgIpc) is 3.54. The fourth-order valence-electron chi connectivity index (χ4n) is 4.27. The first-order chi connectivity index (χ1) is 15.7. The van der Waals surface area contributed by atoms with Gasteiger partial charge >= 0.3 is 0 Å². The monoisotopic (exact) mass is 434 g/mol. The van der Waals surface area contributed by atoms with E-state index >= 15 is 0 Å². The molecule has 1 fully saturated rings. The number of carbonyl (C=O) groups is 1. The second-order valence-corrected chi connectivity index (χ2v) is 8.09. The zero-order valence-corrected chi connectivity index (χ0v) is 18.0. The molecular formula is C23H26N6O3. The molecule has 0 aliphatic carbocycles. The Morgan fingerprint density at radius 1 is 1.28 bits per heavy atom. The molecule has 2 aliphatic rings. The lowest BCUT2D eigenvalue weighted by Gasteiger charge is -2.32. The van der Waals surface area contributed by atoms with Gasteiger partial charge in [0.25, 0.3) is 0 Å². The van der Waals surface area contributed by atoms with Crippen molar-refractivity contribution in [3.63, 3.8) is 0 Å². The van der Waals surface area contributed by atoms with Crippen LogP contribution < -0.4 is 10.2 Å². The van der Waals surface area contributed by atoms with Gasteiger partial charge in [-0.15, -0.1) is 0 Å². The molecule has 4 heterocycles. The Kier molecular flexibility index (Phi) is 5.83. The molecule has 0 spiro atoms. The molecule has 1 saturated heterocycles. The first kappa shape index (κ1) is 20.6. The third-order valence-corrected chi connectivity index (χ3v) is 5.98. The predicted molar refractivity (Wildman–Crippen MR) is 120 cm³/mol. The standard InChI is InChI=1S/C23H26N6O3/c1-28(21-3-2-12-31-21)22-18-14-29(10-11-30)9-8-19(18)26-23(27-22)25-17-6-4-16(5-7-17)20-13-24-15-32-20/h4-7,11,13,15,21H,2-3,8-10,12,14H2,1H3,(H,25,26,27)/t21-/m0/s1. The van der Waals surface area contributed by atoms with Gasteiger partial charge in [0.05, 0.1) is 18.4 Å². The van der Waals surface area contributed by atoms with Crippen molar-refractivity contribution in [3.8, 4) is 11.3 Å². The van der Waals surface area contributed by atoms with Crippen LogP contribution in [0.15, 0.2) is 41.3 Å². The van der Waals surface area contributed by atoms with Gasteiger partial charge in [0.2, 0.25) is 5.95 Å². The summed E-state index contributed by atoms with van der Waals surface area (Å²) in [6.45, 7) is 2.64. The Morgan fingerprint density at radius 2 is 2.16 bits per heavy atom. The van der Waals surface area contributed by atoms with Crippen molar-refractivity contribution in [1.29, 1.82) is 0 Å². The molecule has 2 aromatic heterocycles. The molecule has 1 atom stereocenters. The summed E-state index contributed by atoms with van der Waals surface area (Å²) in [5.74, 6) is 2.14. The van der Waals surface area contributed by atoms with E-state index in [9.17, 15) is 4.79 Å². The van der Waals surface area contributed by atoms with Crippen LogP contribution in [0.5, 0.6) is 0 Å². The fourth-order valence-corrected chi connectivity index (χ4v) is 4.27. The van der Waals surface area contributed by atoms with Crippen molar-refractivity contribution in [3.05, 3.63) is 48.1 Å². The number of carbonyl (C=O) groups excluding carboxylic acids is 1. The zero-order valence-electron chi connectivity index (χ0n) is 18.0. The number of nitrogens with zero attached hydrogens (tertiary/aromatic N) is 5. The van der Waals surface area contributed by atoms with Crippen molar-refractivity contribution in [2.45, 2.75) is 32.0 Å². The summed E-state index contributed by atoms with van der Waals surface area (Å²) in [6.07, 6.45) is 6.86. The molecule has 3 aromatic rings. The number of aldehydes is 1. The van der Waals surface area contributed by atoms with Crippen LogP contribution in [0.25, 0.3) is 11.3 Å². The van der Waals surface area contributed by atoms with Crippen LogP contribution in [-0.2, 0) is 22.5 Å². The third-order valence-electron chi connectivity index (χ3n) is 5.98. The number of benzene rings is 1. The number of aromatic nitrogens is 3. The number of anilines is 3. The van der Waals surface area contributed by atoms with Crippen LogP contribution in [0.1, 0.15) is 24.1 Å². The first-order valence-electron chi connectivity index (χ1n) is 10.9. The number of oxazole rings is 1. The van der Waals surface area contributed by atoms with E-state index in [1.807, 2.05) is 31.3 Å². The van der Waals surface area contributed by atoms with E-state index in [4.69, 9.17) is 19.1 Å². The average molecular weight is 435 g/mol. The molecule has 0 radical (unpaired) electrons. The normalized spacial score (nSPS) is 18.3. The maximum atomic E-state index is 11.0. The van der Waals surface area contributed by atoms with Gasteiger partial charge < -0.3 is 24.2 Å². The summed E-state index contributed by atoms with van der Waals surface area (Å²) < 4.78 is 11.3. The summed E-state index contributed by atoms with van der Waals surface area (Å²) in [7, 11) is 2.02. The summed E-state index contributed by atoms with van der Waals surface area (Å²) in [5, 5.41) is 3.34. The van der Waals surface area contributed by atoms with Crippen LogP contribution >= 0.6 is 0 Å². The van der Waals surface area contributed by atoms with Crippen LogP contribution in [0.4, 0.5) is 17.5 Å². The van der Waals surface area contributed by atoms with Gasteiger partial charge in [-0.2, -0.15) is 4.98 Å². The molecule has 5 rings (SSSR count). The van der Waals surface area contributed by atoms with Gasteiger partial charge in [-0.1, -0.05) is 0 Å². The number of hydrogen-bond acceptors (Lipinski definition) is 9. The van der Waals surface area contributed by atoms with Gasteiger partial charge in [0.1, 0.15) is 18.3 Å². The second-order valence-electron chi connectivity index (χ2n) is 8.09. The SMILES string of the molecule is CN(c1nc(Nc2ccc(-c3cnco3)cc2)nc2c1CN(CC=O)CC2)[C@@H]1CCCO1. The molecule has 0 unspecified atom stereocenters. The minimum Gasteiger partial charge on any atom is -0.444 e. The van der Waals surface area contributed by atoms with Crippen molar-refractivity contribution >= 4 is 23.7 Å². The molecule has 0 bridgehead atoms. The summed E-state index contributed by atoms with van der Waals surface area (Å²) >= 11 is 0. The molecule has 32 heavy (non-hydrogen) atoms. The Balaban J connectivity index is 1.43. The van der Waals surface area contributed by atoms with Crippen molar-refractivity contribution in [1.82, 2.24) is 19.9 Å². The van der Waals surface area contributed by atoms with Crippen LogP contribution in [-0.4, -0.2) is 59.1 Å². The molecular weight excluding hydrogens is 408 g/mol. The quantitative estimate of drug-likeness (QED) is 0.563. The van der Waals surface area contributed by atoms with Gasteiger partial charge in [-0.25, -0.2) is 9.97 Å². The van der Waals surface area contributed by atoms with E-state index in [-0.39, 0.29) is 6.23 Å². The zero-order chi connectivity index (χ0) is 21.9. The lowest BCUT2D eigenvalue weighted by atomic mass is 10.1. The number of fused-ring (bicyclic) bond motifs is 1. The van der Waals surface area contributed by atoms with Crippen LogP contribution in [0.3, 0.4) is 0 Å². The largest absolute Gasteiger partial charge is 0.444 e. The van der Waals surface area contributed by atoms with E-state index in [0.29, 0.717) is 19.0 Å². The smallest absolute Gasteiger partial charge is 0.229 e. The minimum atomic E-state index is 0.00415. The van der Waals surface area contributed by atoms with E-state index in [0.717, 1.165) is 72.8 Å². The van der Waals surface area contributed by atoms with Crippen LogP contribution in [0.2, 0.25) is 0 Å². The molecule has 1 aromatic carbocycles. The van der Waals surface area contributed by atoms with E-state index < -0.39 is 0 Å². The maximum absolute atomic E-state index is 11.0.